The molecule has 0 amide bonds. The molecule has 0 radical (unpaired) electrons. The second kappa shape index (κ2) is 13.6. The summed E-state index contributed by atoms with van der Waals surface area (Å²) >= 11 is 0. The zero-order valence-electron chi connectivity index (χ0n) is 18.4. The van der Waals surface area contributed by atoms with Gasteiger partial charge < -0.3 is 15.2 Å². The topological polar surface area (TPSA) is 57.5 Å². The smallest absolute Gasteiger partial charge is 0.191 e. The van der Waals surface area contributed by atoms with E-state index in [9.17, 15) is 0 Å². The van der Waals surface area contributed by atoms with Gasteiger partial charge in [-0.2, -0.15) is 0 Å². The maximum Gasteiger partial charge on any atom is 0.191 e. The summed E-state index contributed by atoms with van der Waals surface area (Å²) in [4.78, 5) is 11.5. The molecular formula is C23H37IN6. The number of likely N-dealkylation sites (tertiary alicyclic amines) is 1. The number of hydrogen-bond donors (Lipinski definition) is 2. The van der Waals surface area contributed by atoms with Gasteiger partial charge >= 0.3 is 0 Å². The molecule has 1 aliphatic heterocycles. The quantitative estimate of drug-likeness (QED) is 0.300. The van der Waals surface area contributed by atoms with Crippen LogP contribution in [0, 0.1) is 0 Å². The molecule has 3 rings (SSSR count). The fourth-order valence-electron chi connectivity index (χ4n) is 4.14. The molecule has 30 heavy (non-hydrogen) atoms. The van der Waals surface area contributed by atoms with Crippen molar-refractivity contribution in [3.8, 4) is 0 Å². The summed E-state index contributed by atoms with van der Waals surface area (Å²) in [5, 5.41) is 6.89. The summed E-state index contributed by atoms with van der Waals surface area (Å²) in [5.74, 6) is 1.96. The van der Waals surface area contributed by atoms with Crippen LogP contribution in [0.5, 0.6) is 0 Å². The van der Waals surface area contributed by atoms with Crippen molar-refractivity contribution < 1.29 is 0 Å². The lowest BCUT2D eigenvalue weighted by atomic mass is 10.0. The molecule has 1 saturated heterocycles. The molecule has 166 valence electrons. The summed E-state index contributed by atoms with van der Waals surface area (Å²) < 4.78 is 2.22. The monoisotopic (exact) mass is 524 g/mol. The van der Waals surface area contributed by atoms with Gasteiger partial charge in [0.2, 0.25) is 0 Å². The molecule has 1 atom stereocenters. The van der Waals surface area contributed by atoms with E-state index in [1.165, 1.54) is 37.8 Å². The molecule has 0 spiro atoms. The number of hydrogen-bond acceptors (Lipinski definition) is 3. The van der Waals surface area contributed by atoms with E-state index < -0.39 is 0 Å². The average Bonchev–Trinajstić information content (AvgIpc) is 3.20. The van der Waals surface area contributed by atoms with Gasteiger partial charge in [0, 0.05) is 58.1 Å². The fraction of sp³-hybridized carbons (Fsp3) is 0.565. The molecule has 1 aromatic heterocycles. The van der Waals surface area contributed by atoms with Crippen LogP contribution in [0.25, 0.3) is 0 Å². The molecule has 1 fully saturated rings. The first-order valence-electron chi connectivity index (χ1n) is 11.0. The number of benzene rings is 1. The molecule has 2 heterocycles. The van der Waals surface area contributed by atoms with Gasteiger partial charge in [0.25, 0.3) is 0 Å². The van der Waals surface area contributed by atoms with Gasteiger partial charge in [-0.25, -0.2) is 4.98 Å². The SMILES string of the molecule is CCC1CCCCN1CCNC(=NC)NCCc1nccn1Cc1ccccc1.I. The van der Waals surface area contributed by atoms with Crippen LogP contribution in [-0.4, -0.2) is 59.7 Å². The minimum absolute atomic E-state index is 0. The molecule has 0 bridgehead atoms. The lowest BCUT2D eigenvalue weighted by molar-refractivity contribution is 0.147. The third-order valence-corrected chi connectivity index (χ3v) is 5.77. The van der Waals surface area contributed by atoms with Gasteiger partial charge in [0.15, 0.2) is 5.96 Å². The van der Waals surface area contributed by atoms with E-state index in [1.54, 1.807) is 0 Å². The second-order valence-electron chi connectivity index (χ2n) is 7.73. The Bertz CT molecular complexity index is 745. The van der Waals surface area contributed by atoms with Crippen LogP contribution in [0.1, 0.15) is 44.0 Å². The van der Waals surface area contributed by atoms with E-state index in [4.69, 9.17) is 0 Å². The number of aliphatic imine (C=N–C) groups is 1. The Hall–Kier alpha value is -1.61. The number of halogens is 1. The first-order chi connectivity index (χ1) is 14.3. The fourth-order valence-corrected chi connectivity index (χ4v) is 4.14. The van der Waals surface area contributed by atoms with Crippen molar-refractivity contribution in [1.29, 1.82) is 0 Å². The van der Waals surface area contributed by atoms with E-state index in [0.717, 1.165) is 50.4 Å². The zero-order chi connectivity index (χ0) is 20.3. The van der Waals surface area contributed by atoms with E-state index >= 15 is 0 Å². The highest BCUT2D eigenvalue weighted by Gasteiger charge is 2.19. The van der Waals surface area contributed by atoms with E-state index in [1.807, 2.05) is 13.2 Å². The van der Waals surface area contributed by atoms with Crippen molar-refractivity contribution in [2.75, 3.05) is 33.2 Å². The predicted molar refractivity (Wildman–Crippen MR) is 136 cm³/mol. The maximum atomic E-state index is 4.53. The van der Waals surface area contributed by atoms with E-state index in [-0.39, 0.29) is 24.0 Å². The minimum atomic E-state index is 0. The summed E-state index contributed by atoms with van der Waals surface area (Å²) in [7, 11) is 1.83. The van der Waals surface area contributed by atoms with Crippen LogP contribution >= 0.6 is 24.0 Å². The largest absolute Gasteiger partial charge is 0.356 e. The molecule has 6 nitrogen and oxygen atoms in total. The van der Waals surface area contributed by atoms with Crippen molar-refractivity contribution in [1.82, 2.24) is 25.1 Å². The van der Waals surface area contributed by atoms with Crippen LogP contribution in [0.4, 0.5) is 0 Å². The molecular weight excluding hydrogens is 487 g/mol. The zero-order valence-corrected chi connectivity index (χ0v) is 20.7. The maximum absolute atomic E-state index is 4.53. The second-order valence-corrected chi connectivity index (χ2v) is 7.73. The number of piperidine rings is 1. The highest BCUT2D eigenvalue weighted by Crippen LogP contribution is 2.18. The molecule has 2 N–H and O–H groups in total. The number of guanidine groups is 1. The van der Waals surface area contributed by atoms with Gasteiger partial charge in [0.1, 0.15) is 5.82 Å². The Morgan fingerprint density at radius 3 is 2.73 bits per heavy atom. The summed E-state index contributed by atoms with van der Waals surface area (Å²) in [6.45, 7) is 7.22. The standard InChI is InChI=1S/C23H36N6.HI/c1-3-21-11-7-8-16-28(21)17-15-27-23(24-2)26-13-12-22-25-14-18-29(22)19-20-9-5-4-6-10-20;/h4-6,9-10,14,18,21H,3,7-8,11-13,15-17,19H2,1-2H3,(H2,24,26,27);1H. The molecule has 0 saturated carbocycles. The van der Waals surface area contributed by atoms with Crippen molar-refractivity contribution in [3.05, 3.63) is 54.1 Å². The lowest BCUT2D eigenvalue weighted by Gasteiger charge is -2.35. The first kappa shape index (κ1) is 24.7. The molecule has 1 aromatic carbocycles. The number of rotatable bonds is 9. The predicted octanol–water partition coefficient (Wildman–Crippen LogP) is 3.52. The van der Waals surface area contributed by atoms with Crippen LogP contribution in [-0.2, 0) is 13.0 Å². The molecule has 7 heteroatoms. The Morgan fingerprint density at radius 2 is 1.97 bits per heavy atom. The Morgan fingerprint density at radius 1 is 1.17 bits per heavy atom. The van der Waals surface area contributed by atoms with Crippen LogP contribution in [0.2, 0.25) is 0 Å². The number of nitrogens with one attached hydrogen (secondary N) is 2. The Kier molecular flexibility index (Phi) is 11.2. The summed E-state index contributed by atoms with van der Waals surface area (Å²) in [5.41, 5.74) is 1.29. The van der Waals surface area contributed by atoms with E-state index in [0.29, 0.717) is 0 Å². The van der Waals surface area contributed by atoms with Gasteiger partial charge in [-0.05, 0) is 31.4 Å². The summed E-state index contributed by atoms with van der Waals surface area (Å²) in [6, 6.07) is 11.3. The average molecular weight is 524 g/mol. The molecule has 1 unspecified atom stereocenters. The molecule has 0 aliphatic carbocycles. The van der Waals surface area contributed by atoms with Crippen molar-refractivity contribution in [2.45, 2.75) is 51.6 Å². The minimum Gasteiger partial charge on any atom is -0.356 e. The van der Waals surface area contributed by atoms with Gasteiger partial charge in [0.05, 0.1) is 0 Å². The first-order valence-corrected chi connectivity index (χ1v) is 11.0. The van der Waals surface area contributed by atoms with Crippen LogP contribution in [0.3, 0.4) is 0 Å². The summed E-state index contributed by atoms with van der Waals surface area (Å²) in [6.07, 6.45) is 10.1. The van der Waals surface area contributed by atoms with Crippen molar-refractivity contribution in [3.63, 3.8) is 0 Å². The third-order valence-electron chi connectivity index (χ3n) is 5.77. The van der Waals surface area contributed by atoms with Crippen LogP contribution < -0.4 is 10.6 Å². The van der Waals surface area contributed by atoms with Crippen molar-refractivity contribution >= 4 is 29.9 Å². The highest BCUT2D eigenvalue weighted by atomic mass is 127. The van der Waals surface area contributed by atoms with Crippen LogP contribution in [0.15, 0.2) is 47.7 Å². The lowest BCUT2D eigenvalue weighted by Crippen LogP contribution is -2.46. The van der Waals surface area contributed by atoms with Gasteiger partial charge in [-0.1, -0.05) is 43.7 Å². The number of imidazole rings is 1. The number of aromatic nitrogens is 2. The molecule has 1 aliphatic rings. The Labute approximate surface area is 198 Å². The number of nitrogens with zero attached hydrogens (tertiary/aromatic N) is 4. The van der Waals surface area contributed by atoms with Crippen molar-refractivity contribution in [2.24, 2.45) is 4.99 Å². The third kappa shape index (κ3) is 7.58. The van der Waals surface area contributed by atoms with E-state index in [2.05, 4.69) is 73.5 Å². The Balaban J connectivity index is 0.00000320. The van der Waals surface area contributed by atoms with Gasteiger partial charge in [-0.15, -0.1) is 24.0 Å². The highest BCUT2D eigenvalue weighted by molar-refractivity contribution is 14.0. The normalized spacial score (nSPS) is 17.4. The molecule has 2 aromatic rings. The van der Waals surface area contributed by atoms with Gasteiger partial charge in [-0.3, -0.25) is 9.89 Å².